The van der Waals surface area contributed by atoms with Crippen LogP contribution in [0.4, 0.5) is 10.5 Å². The molecule has 0 fully saturated rings. The molecule has 0 bridgehead atoms. The summed E-state index contributed by atoms with van der Waals surface area (Å²) in [5.74, 6) is 0.508. The van der Waals surface area contributed by atoms with Gasteiger partial charge >= 0.3 is 6.03 Å². The van der Waals surface area contributed by atoms with Gasteiger partial charge in [-0.3, -0.25) is 0 Å². The third kappa shape index (κ3) is 3.71. The molecule has 20 heavy (non-hydrogen) atoms. The number of carbonyl (C=O) groups excluding carboxylic acids is 1. The summed E-state index contributed by atoms with van der Waals surface area (Å²) in [5, 5.41) is 5.59. The molecule has 0 saturated heterocycles. The number of hydrogen-bond acceptors (Lipinski definition) is 3. The normalized spacial score (nSPS) is 11.5. The Kier molecular flexibility index (Phi) is 4.55. The van der Waals surface area contributed by atoms with Crippen molar-refractivity contribution in [1.82, 2.24) is 10.3 Å². The summed E-state index contributed by atoms with van der Waals surface area (Å²) in [4.78, 5) is 15.9. The first kappa shape index (κ1) is 13.9. The number of ether oxygens (including phenoxy) is 1. The number of urea groups is 1. The number of aromatic nitrogens is 1. The lowest BCUT2D eigenvalue weighted by atomic mass is 10.1. The van der Waals surface area contributed by atoms with Crippen molar-refractivity contribution in [3.05, 3.63) is 54.2 Å². The third-order valence-electron chi connectivity index (χ3n) is 2.85. The number of nitrogens with zero attached hydrogens (tertiary/aromatic N) is 1. The molecular formula is C15H17N3O2. The molecule has 104 valence electrons. The maximum absolute atomic E-state index is 11.9. The second-order valence-electron chi connectivity index (χ2n) is 4.32. The number of anilines is 1. The highest BCUT2D eigenvalue weighted by molar-refractivity contribution is 5.89. The number of hydrogen-bond donors (Lipinski definition) is 2. The molecule has 0 aliphatic carbocycles. The zero-order valence-corrected chi connectivity index (χ0v) is 11.5. The van der Waals surface area contributed by atoms with Crippen molar-refractivity contribution in [2.45, 2.75) is 13.0 Å². The molecule has 1 aromatic heterocycles. The van der Waals surface area contributed by atoms with Gasteiger partial charge in [-0.2, -0.15) is 0 Å². The van der Waals surface area contributed by atoms with Crippen molar-refractivity contribution in [3.63, 3.8) is 0 Å². The first-order chi connectivity index (χ1) is 9.69. The van der Waals surface area contributed by atoms with Crippen LogP contribution in [-0.4, -0.2) is 18.1 Å². The summed E-state index contributed by atoms with van der Waals surface area (Å²) in [6, 6.07) is 12.9. The molecule has 2 amide bonds. The van der Waals surface area contributed by atoms with Crippen molar-refractivity contribution in [2.24, 2.45) is 0 Å². The van der Waals surface area contributed by atoms with E-state index < -0.39 is 0 Å². The van der Waals surface area contributed by atoms with E-state index in [9.17, 15) is 4.79 Å². The summed E-state index contributed by atoms with van der Waals surface area (Å²) in [5.41, 5.74) is 1.67. The van der Waals surface area contributed by atoms with Crippen LogP contribution in [0.15, 0.2) is 48.7 Å². The van der Waals surface area contributed by atoms with Gasteiger partial charge in [-0.15, -0.1) is 0 Å². The predicted octanol–water partition coefficient (Wildman–Crippen LogP) is 2.97. The topological polar surface area (TPSA) is 63.2 Å². The van der Waals surface area contributed by atoms with E-state index in [1.54, 1.807) is 25.4 Å². The largest absolute Gasteiger partial charge is 0.481 e. The smallest absolute Gasteiger partial charge is 0.319 e. The van der Waals surface area contributed by atoms with E-state index in [0.717, 1.165) is 5.56 Å². The molecule has 0 radical (unpaired) electrons. The molecule has 0 aliphatic heterocycles. The van der Waals surface area contributed by atoms with Crippen LogP contribution in [0.3, 0.4) is 0 Å². The number of amides is 2. The Hall–Kier alpha value is -2.56. The zero-order valence-electron chi connectivity index (χ0n) is 11.5. The summed E-state index contributed by atoms with van der Waals surface area (Å²) in [7, 11) is 1.55. The van der Waals surface area contributed by atoms with Crippen LogP contribution >= 0.6 is 0 Å². The monoisotopic (exact) mass is 271 g/mol. The molecule has 1 unspecified atom stereocenters. The summed E-state index contributed by atoms with van der Waals surface area (Å²) >= 11 is 0. The van der Waals surface area contributed by atoms with Gasteiger partial charge in [-0.1, -0.05) is 30.3 Å². The van der Waals surface area contributed by atoms with Gasteiger partial charge in [-0.05, 0) is 18.6 Å². The minimum atomic E-state index is -0.270. The molecule has 0 aliphatic rings. The molecule has 1 atom stereocenters. The van der Waals surface area contributed by atoms with Crippen LogP contribution in [0, 0.1) is 0 Å². The highest BCUT2D eigenvalue weighted by Gasteiger charge is 2.09. The SMILES string of the molecule is COc1ccc(NC(=O)NC(C)c2ccccc2)cn1. The fourth-order valence-electron chi connectivity index (χ4n) is 1.76. The molecule has 0 saturated carbocycles. The Morgan fingerprint density at radius 1 is 1.20 bits per heavy atom. The molecule has 1 heterocycles. The lowest BCUT2D eigenvalue weighted by molar-refractivity contribution is 0.249. The molecule has 2 aromatic rings. The summed E-state index contributed by atoms with van der Waals surface area (Å²) in [6.45, 7) is 1.93. The van der Waals surface area contributed by atoms with E-state index in [2.05, 4.69) is 15.6 Å². The van der Waals surface area contributed by atoms with Gasteiger partial charge in [0, 0.05) is 6.07 Å². The van der Waals surface area contributed by atoms with E-state index in [4.69, 9.17) is 4.74 Å². The minimum Gasteiger partial charge on any atom is -0.481 e. The van der Waals surface area contributed by atoms with Gasteiger partial charge in [0.1, 0.15) is 0 Å². The molecule has 5 nitrogen and oxygen atoms in total. The van der Waals surface area contributed by atoms with Gasteiger partial charge in [0.2, 0.25) is 5.88 Å². The average Bonchev–Trinajstić information content (AvgIpc) is 2.49. The molecule has 5 heteroatoms. The van der Waals surface area contributed by atoms with Gasteiger partial charge in [0.15, 0.2) is 0 Å². The van der Waals surface area contributed by atoms with Gasteiger partial charge < -0.3 is 15.4 Å². The zero-order chi connectivity index (χ0) is 14.4. The van der Waals surface area contributed by atoms with E-state index >= 15 is 0 Å². The van der Waals surface area contributed by atoms with Crippen molar-refractivity contribution >= 4 is 11.7 Å². The molecule has 2 N–H and O–H groups in total. The fraction of sp³-hybridized carbons (Fsp3) is 0.200. The van der Waals surface area contributed by atoms with Crippen molar-refractivity contribution < 1.29 is 9.53 Å². The number of nitrogens with one attached hydrogen (secondary N) is 2. The van der Waals surface area contributed by atoms with Gasteiger partial charge in [0.05, 0.1) is 25.0 Å². The van der Waals surface area contributed by atoms with Crippen molar-refractivity contribution in [3.8, 4) is 5.88 Å². The average molecular weight is 271 g/mol. The minimum absolute atomic E-state index is 0.0672. The molecular weight excluding hydrogens is 254 g/mol. The highest BCUT2D eigenvalue weighted by atomic mass is 16.5. The third-order valence-corrected chi connectivity index (χ3v) is 2.85. The Morgan fingerprint density at radius 2 is 1.95 bits per heavy atom. The van der Waals surface area contributed by atoms with Crippen molar-refractivity contribution in [2.75, 3.05) is 12.4 Å². The lowest BCUT2D eigenvalue weighted by Gasteiger charge is -2.15. The second kappa shape index (κ2) is 6.56. The number of pyridine rings is 1. The molecule has 1 aromatic carbocycles. The number of carbonyl (C=O) groups is 1. The Balaban J connectivity index is 1.91. The van der Waals surface area contributed by atoms with E-state index in [0.29, 0.717) is 11.6 Å². The van der Waals surface area contributed by atoms with Crippen molar-refractivity contribution in [1.29, 1.82) is 0 Å². The van der Waals surface area contributed by atoms with Crippen LogP contribution in [0.25, 0.3) is 0 Å². The van der Waals surface area contributed by atoms with E-state index in [-0.39, 0.29) is 12.1 Å². The maximum atomic E-state index is 11.9. The fourth-order valence-corrected chi connectivity index (χ4v) is 1.76. The first-order valence-corrected chi connectivity index (χ1v) is 6.31. The number of benzene rings is 1. The summed E-state index contributed by atoms with van der Waals surface area (Å²) < 4.78 is 4.96. The summed E-state index contributed by atoms with van der Waals surface area (Å²) in [6.07, 6.45) is 1.55. The predicted molar refractivity (Wildman–Crippen MR) is 77.8 cm³/mol. The van der Waals surface area contributed by atoms with Crippen LogP contribution in [0.5, 0.6) is 5.88 Å². The number of rotatable bonds is 4. The second-order valence-corrected chi connectivity index (χ2v) is 4.32. The Morgan fingerprint density at radius 3 is 2.55 bits per heavy atom. The lowest BCUT2D eigenvalue weighted by Crippen LogP contribution is -2.31. The number of methoxy groups -OCH3 is 1. The van der Waals surface area contributed by atoms with Gasteiger partial charge in [0.25, 0.3) is 0 Å². The quantitative estimate of drug-likeness (QED) is 0.898. The maximum Gasteiger partial charge on any atom is 0.319 e. The van der Waals surface area contributed by atoms with E-state index in [1.807, 2.05) is 37.3 Å². The van der Waals surface area contributed by atoms with Crippen LogP contribution in [-0.2, 0) is 0 Å². The first-order valence-electron chi connectivity index (χ1n) is 6.31. The highest BCUT2D eigenvalue weighted by Crippen LogP contribution is 2.13. The van der Waals surface area contributed by atoms with Gasteiger partial charge in [-0.25, -0.2) is 9.78 Å². The Bertz CT molecular complexity index is 555. The molecule has 0 spiro atoms. The molecule has 2 rings (SSSR count). The van der Waals surface area contributed by atoms with E-state index in [1.165, 1.54) is 0 Å². The Labute approximate surface area is 118 Å². The van der Waals surface area contributed by atoms with Crippen LogP contribution < -0.4 is 15.4 Å². The standard InChI is InChI=1S/C15H17N3O2/c1-11(12-6-4-3-5-7-12)17-15(19)18-13-8-9-14(20-2)16-10-13/h3-11H,1-2H3,(H2,17,18,19). The van der Waals surface area contributed by atoms with Crippen LogP contribution in [0.1, 0.15) is 18.5 Å². The van der Waals surface area contributed by atoms with Crippen LogP contribution in [0.2, 0.25) is 0 Å².